The zero-order valence-electron chi connectivity index (χ0n) is 30.6. The highest BCUT2D eigenvalue weighted by atomic mass is 32.1. The minimum Gasteiger partial charge on any atom is -0.456 e. The average Bonchev–Trinajstić information content (AvgIpc) is 3.96. The number of anilines is 2. The van der Waals surface area contributed by atoms with Crippen LogP contribution >= 0.6 is 11.3 Å². The van der Waals surface area contributed by atoms with E-state index < -0.39 is 0 Å². The molecular formula is C51H32N4OS. The Hall–Kier alpha value is -7.15. The van der Waals surface area contributed by atoms with Gasteiger partial charge in [0.25, 0.3) is 0 Å². The maximum Gasteiger partial charge on any atom is 0.164 e. The van der Waals surface area contributed by atoms with Crippen molar-refractivity contribution in [1.82, 2.24) is 15.0 Å². The molecule has 6 heteroatoms. The molecule has 2 aliphatic rings. The van der Waals surface area contributed by atoms with Crippen LogP contribution in [-0.4, -0.2) is 21.0 Å². The molecule has 0 saturated heterocycles. The van der Waals surface area contributed by atoms with Gasteiger partial charge in [0.1, 0.15) is 11.3 Å². The Labute approximate surface area is 332 Å². The zero-order valence-corrected chi connectivity index (χ0v) is 31.4. The predicted octanol–water partition coefficient (Wildman–Crippen LogP) is 13.3. The highest BCUT2D eigenvalue weighted by molar-refractivity contribution is 7.25. The van der Waals surface area contributed by atoms with Crippen LogP contribution in [0, 0.1) is 0 Å². The maximum absolute atomic E-state index is 6.72. The van der Waals surface area contributed by atoms with Gasteiger partial charge >= 0.3 is 0 Å². The van der Waals surface area contributed by atoms with Crippen molar-refractivity contribution in [3.63, 3.8) is 0 Å². The average molecular weight is 749 g/mol. The summed E-state index contributed by atoms with van der Waals surface area (Å²) in [4.78, 5) is 18.1. The third-order valence-electron chi connectivity index (χ3n) is 11.5. The second-order valence-electron chi connectivity index (χ2n) is 14.7. The molecule has 0 fully saturated rings. The Balaban J connectivity index is 1.01. The molecule has 2 atom stereocenters. The summed E-state index contributed by atoms with van der Waals surface area (Å²) < 4.78 is 9.17. The monoisotopic (exact) mass is 748 g/mol. The Morgan fingerprint density at radius 3 is 2.05 bits per heavy atom. The molecule has 12 rings (SSSR count). The number of hydrogen-bond acceptors (Lipinski definition) is 6. The lowest BCUT2D eigenvalue weighted by atomic mass is 9.82. The molecule has 57 heavy (non-hydrogen) atoms. The highest BCUT2D eigenvalue weighted by Crippen LogP contribution is 2.53. The van der Waals surface area contributed by atoms with E-state index in [0.717, 1.165) is 44.4 Å². The predicted molar refractivity (Wildman–Crippen MR) is 234 cm³/mol. The molecule has 1 aliphatic carbocycles. The molecule has 0 radical (unpaired) electrons. The van der Waals surface area contributed by atoms with E-state index in [0.29, 0.717) is 17.5 Å². The first-order valence-corrected chi connectivity index (χ1v) is 20.1. The largest absolute Gasteiger partial charge is 0.456 e. The van der Waals surface area contributed by atoms with E-state index in [-0.39, 0.29) is 12.0 Å². The van der Waals surface area contributed by atoms with Gasteiger partial charge in [0, 0.05) is 65.1 Å². The third-order valence-corrected chi connectivity index (χ3v) is 12.6. The van der Waals surface area contributed by atoms with E-state index in [9.17, 15) is 0 Å². The van der Waals surface area contributed by atoms with Gasteiger partial charge in [0.15, 0.2) is 17.5 Å². The van der Waals surface area contributed by atoms with E-state index in [1.54, 1.807) is 11.3 Å². The standard InChI is InChI=1S/C51H32N4OS/c1-3-12-31(13-4-1)32-22-24-33(25-23-32)49-52-50(54-51(53-49)39-18-11-21-45-46(39)38-17-8-10-20-44(38)57-45)34-26-27-37-43(30-34)56-42-29-28-41-47(48(37)42)36-16-7-9-19-40(36)55(41)35-14-5-2-6-15-35/h1-30,41,47H. The van der Waals surface area contributed by atoms with Crippen molar-refractivity contribution in [3.05, 3.63) is 193 Å². The van der Waals surface area contributed by atoms with Gasteiger partial charge < -0.3 is 9.32 Å². The van der Waals surface area contributed by atoms with Crippen LogP contribution in [0.4, 0.5) is 11.4 Å². The highest BCUT2D eigenvalue weighted by Gasteiger charge is 2.43. The van der Waals surface area contributed by atoms with Crippen LogP contribution in [-0.2, 0) is 0 Å². The summed E-state index contributed by atoms with van der Waals surface area (Å²) in [6.45, 7) is 0. The topological polar surface area (TPSA) is 55.1 Å². The van der Waals surface area contributed by atoms with E-state index in [1.807, 2.05) is 6.07 Å². The van der Waals surface area contributed by atoms with Gasteiger partial charge in [0.2, 0.25) is 0 Å². The summed E-state index contributed by atoms with van der Waals surface area (Å²) in [7, 11) is 0. The van der Waals surface area contributed by atoms with Gasteiger partial charge in [-0.1, -0.05) is 140 Å². The molecule has 1 aliphatic heterocycles. The summed E-state index contributed by atoms with van der Waals surface area (Å²) in [6.07, 6.45) is 4.45. The van der Waals surface area contributed by atoms with Gasteiger partial charge in [-0.3, -0.25) is 0 Å². The van der Waals surface area contributed by atoms with Crippen molar-refractivity contribution in [3.8, 4) is 45.3 Å². The summed E-state index contributed by atoms with van der Waals surface area (Å²) in [5, 5.41) is 3.48. The normalized spacial score (nSPS) is 15.6. The molecule has 0 bridgehead atoms. The van der Waals surface area contributed by atoms with Gasteiger partial charge in [-0.05, 0) is 59.2 Å². The molecule has 4 heterocycles. The molecule has 0 N–H and O–H groups in total. The summed E-state index contributed by atoms with van der Waals surface area (Å²) >= 11 is 1.79. The molecule has 7 aromatic carbocycles. The van der Waals surface area contributed by atoms with Crippen LogP contribution in [0.5, 0.6) is 0 Å². The molecule has 3 aromatic heterocycles. The Morgan fingerprint density at radius 1 is 0.526 bits per heavy atom. The lowest BCUT2D eigenvalue weighted by Crippen LogP contribution is -2.30. The van der Waals surface area contributed by atoms with Crippen molar-refractivity contribution in [1.29, 1.82) is 0 Å². The van der Waals surface area contributed by atoms with Crippen molar-refractivity contribution < 1.29 is 4.42 Å². The summed E-state index contributed by atoms with van der Waals surface area (Å²) in [5.41, 5.74) is 10.9. The quantitative estimate of drug-likeness (QED) is 0.175. The lowest BCUT2D eigenvalue weighted by Gasteiger charge is -2.30. The summed E-state index contributed by atoms with van der Waals surface area (Å²) in [6, 6.07) is 59.9. The van der Waals surface area contributed by atoms with Crippen LogP contribution < -0.4 is 4.90 Å². The van der Waals surface area contributed by atoms with Crippen LogP contribution in [0.3, 0.4) is 0 Å². The Bertz CT molecular complexity index is 3200. The molecule has 10 aromatic rings. The minimum absolute atomic E-state index is 0.128. The summed E-state index contributed by atoms with van der Waals surface area (Å²) in [5.74, 6) is 2.90. The molecular weight excluding hydrogens is 717 g/mol. The van der Waals surface area contributed by atoms with Gasteiger partial charge in [-0.15, -0.1) is 11.3 Å². The fourth-order valence-corrected chi connectivity index (χ4v) is 10.1. The maximum atomic E-state index is 6.72. The van der Waals surface area contributed by atoms with Gasteiger partial charge in [0.05, 0.1) is 6.04 Å². The first-order valence-electron chi connectivity index (χ1n) is 19.3. The molecule has 268 valence electrons. The molecule has 0 saturated carbocycles. The first kappa shape index (κ1) is 32.1. The lowest BCUT2D eigenvalue weighted by molar-refractivity contribution is 0.584. The smallest absolute Gasteiger partial charge is 0.164 e. The van der Waals surface area contributed by atoms with Gasteiger partial charge in [-0.25, -0.2) is 15.0 Å². The number of hydrogen-bond donors (Lipinski definition) is 0. The van der Waals surface area contributed by atoms with Crippen molar-refractivity contribution >= 4 is 59.9 Å². The number of rotatable bonds is 5. The number of para-hydroxylation sites is 2. The van der Waals surface area contributed by atoms with Crippen molar-refractivity contribution in [2.45, 2.75) is 12.0 Å². The van der Waals surface area contributed by atoms with E-state index >= 15 is 0 Å². The van der Waals surface area contributed by atoms with Crippen molar-refractivity contribution in [2.75, 3.05) is 4.90 Å². The molecule has 5 nitrogen and oxygen atoms in total. The van der Waals surface area contributed by atoms with Crippen LogP contribution in [0.15, 0.2) is 180 Å². The van der Waals surface area contributed by atoms with E-state index in [4.69, 9.17) is 19.4 Å². The number of fused-ring (bicyclic) bond motifs is 10. The number of benzene rings is 7. The Morgan fingerprint density at radius 2 is 1.19 bits per heavy atom. The number of furan rings is 1. The molecule has 0 spiro atoms. The number of thiophene rings is 1. The first-order chi connectivity index (χ1) is 28.2. The van der Waals surface area contributed by atoms with E-state index in [2.05, 4.69) is 181 Å². The molecule has 2 unspecified atom stereocenters. The second kappa shape index (κ2) is 12.7. The molecule has 0 amide bonds. The Kier molecular flexibility index (Phi) is 7.16. The van der Waals surface area contributed by atoms with Crippen LogP contribution in [0.25, 0.3) is 82.5 Å². The van der Waals surface area contributed by atoms with Crippen molar-refractivity contribution in [2.24, 2.45) is 0 Å². The van der Waals surface area contributed by atoms with Crippen LogP contribution in [0.1, 0.15) is 22.8 Å². The number of aromatic nitrogens is 3. The number of nitrogens with zero attached hydrogens (tertiary/aromatic N) is 4. The zero-order chi connectivity index (χ0) is 37.5. The third kappa shape index (κ3) is 5.11. The second-order valence-corrected chi connectivity index (χ2v) is 15.8. The van der Waals surface area contributed by atoms with Gasteiger partial charge in [-0.2, -0.15) is 0 Å². The minimum atomic E-state index is 0.128. The van der Waals surface area contributed by atoms with E-state index in [1.165, 1.54) is 42.9 Å². The fourth-order valence-electron chi connectivity index (χ4n) is 8.95. The van der Waals surface area contributed by atoms with Crippen LogP contribution in [0.2, 0.25) is 0 Å². The fraction of sp³-hybridized carbons (Fsp3) is 0.0392. The SMILES string of the molecule is C1=CC2C(c3ccccc3N2c2ccccc2)c2c1oc1cc(-c3nc(-c4ccc(-c5ccccc5)cc4)nc(-c4cccc5sc6ccccc6c45)n3)ccc21.